The predicted molar refractivity (Wildman–Crippen MR) is 143 cm³/mol. The van der Waals surface area contributed by atoms with E-state index in [2.05, 4.69) is 63.9 Å². The molecule has 0 bridgehead atoms. The summed E-state index contributed by atoms with van der Waals surface area (Å²) in [5.41, 5.74) is 5.30. The first-order chi connectivity index (χ1) is 17.2. The molecule has 0 saturated carbocycles. The van der Waals surface area contributed by atoms with Crippen molar-refractivity contribution < 1.29 is 47.9 Å². The number of rotatable bonds is 13. The molecule has 0 aliphatic rings. The van der Waals surface area contributed by atoms with Crippen LogP contribution in [0.15, 0.2) is 0 Å². The van der Waals surface area contributed by atoms with Crippen LogP contribution >= 0.6 is 11.6 Å². The lowest BCUT2D eigenvalue weighted by molar-refractivity contribution is -0.870. The van der Waals surface area contributed by atoms with Crippen LogP contribution in [-0.4, -0.2) is 113 Å². The first kappa shape index (κ1) is 42.8. The molecule has 1 amide bonds. The van der Waals surface area contributed by atoms with Gasteiger partial charge in [-0.25, -0.2) is 0 Å². The monoisotopic (exact) mass is 570 g/mol. The largest absolute Gasteiger partial charge is 0.548 e. The Morgan fingerprint density at radius 1 is 0.737 bits per heavy atom. The maximum Gasteiger partial charge on any atom is 0.310 e. The number of hydrogen-bond donors (Lipinski definition) is 2. The van der Waals surface area contributed by atoms with E-state index in [0.717, 1.165) is 47.7 Å². The second-order valence-electron chi connectivity index (χ2n) is 10.6. The van der Waals surface area contributed by atoms with E-state index >= 15 is 0 Å². The molecule has 0 aromatic rings. The smallest absolute Gasteiger partial charge is 0.310 e. The van der Waals surface area contributed by atoms with Gasteiger partial charge in [0.15, 0.2) is 0 Å². The molecule has 0 saturated heterocycles. The first-order valence-electron chi connectivity index (χ1n) is 12.3. The molecule has 0 aromatic carbocycles. The van der Waals surface area contributed by atoms with Gasteiger partial charge < -0.3 is 44.6 Å². The standard InChI is InChI=1S/C11H22N2O3.C9H20N2O2.C4H6O3.CH3Cl/c1-9(14)12-10(11(15)16)7-5-6-8-13(2,3)4;1-11(2,3)7-5-4-6-8(10)9(12)13;1-3(5)7-4(2)6;1-2/h10H,5-8H2,1-4H3,(H-,12,14,15,16);8H,4-7,10H2,1-3H3;1-2H3;1H3. The minimum absolute atomic E-state index is 0.333. The summed E-state index contributed by atoms with van der Waals surface area (Å²) in [5, 5.41) is 23.3. The molecule has 0 aromatic heterocycles. The van der Waals surface area contributed by atoms with Gasteiger partial charge >= 0.3 is 11.9 Å². The Labute approximate surface area is 233 Å². The van der Waals surface area contributed by atoms with Gasteiger partial charge in [0.05, 0.1) is 73.4 Å². The first-order valence-corrected chi connectivity index (χ1v) is 13.1. The summed E-state index contributed by atoms with van der Waals surface area (Å²) in [4.78, 5) is 51.3. The second-order valence-corrected chi connectivity index (χ2v) is 10.6. The number of unbranched alkanes of at least 4 members (excludes halogenated alkanes) is 2. The predicted octanol–water partition coefficient (Wildman–Crippen LogP) is -0.991. The van der Waals surface area contributed by atoms with Gasteiger partial charge in [0.2, 0.25) is 5.91 Å². The number of quaternary nitrogens is 2. The molecule has 0 rings (SSSR count). The third-order valence-corrected chi connectivity index (χ3v) is 4.42. The van der Waals surface area contributed by atoms with E-state index in [9.17, 15) is 34.2 Å². The zero-order valence-electron chi connectivity index (χ0n) is 24.9. The van der Waals surface area contributed by atoms with Gasteiger partial charge in [0.1, 0.15) is 0 Å². The molecule has 38 heavy (non-hydrogen) atoms. The third-order valence-electron chi connectivity index (χ3n) is 4.42. The molecule has 0 radical (unpaired) electrons. The molecule has 0 fully saturated rings. The molecular formula is C25H51ClN4O8. The molecule has 226 valence electrons. The molecule has 12 nitrogen and oxygen atoms in total. The number of esters is 2. The van der Waals surface area contributed by atoms with E-state index in [1.165, 1.54) is 27.2 Å². The van der Waals surface area contributed by atoms with Crippen LogP contribution in [0.25, 0.3) is 0 Å². The number of hydrogen-bond acceptors (Lipinski definition) is 9. The Balaban J connectivity index is -0.000000235. The molecule has 3 N–H and O–H groups in total. The topological polar surface area (TPSA) is 179 Å². The van der Waals surface area contributed by atoms with Crippen molar-refractivity contribution >= 4 is 41.4 Å². The summed E-state index contributed by atoms with van der Waals surface area (Å²) in [6, 6.07) is -1.66. The number of carboxylic acid groups (broad SMARTS) is 2. The van der Waals surface area contributed by atoms with Crippen molar-refractivity contribution in [2.24, 2.45) is 5.73 Å². The zero-order valence-corrected chi connectivity index (χ0v) is 25.7. The van der Waals surface area contributed by atoms with Crippen LogP contribution in [0.2, 0.25) is 0 Å². The summed E-state index contributed by atoms with van der Waals surface area (Å²) in [5.74, 6) is -3.81. The van der Waals surface area contributed by atoms with Gasteiger partial charge in [-0.3, -0.25) is 14.4 Å². The number of nitrogens with two attached hydrogens (primary N) is 1. The van der Waals surface area contributed by atoms with Crippen LogP contribution in [0.1, 0.15) is 59.3 Å². The lowest BCUT2D eigenvalue weighted by Crippen LogP contribution is -2.47. The van der Waals surface area contributed by atoms with Crippen LogP contribution in [0.4, 0.5) is 0 Å². The van der Waals surface area contributed by atoms with Crippen molar-refractivity contribution in [3.05, 3.63) is 0 Å². The molecule has 0 aliphatic carbocycles. The fraction of sp³-hybridized carbons (Fsp3) is 0.800. The fourth-order valence-electron chi connectivity index (χ4n) is 2.70. The highest BCUT2D eigenvalue weighted by Gasteiger charge is 2.12. The van der Waals surface area contributed by atoms with Crippen molar-refractivity contribution in [1.29, 1.82) is 0 Å². The number of amides is 1. The number of halogens is 1. The normalized spacial score (nSPS) is 12.0. The van der Waals surface area contributed by atoms with Crippen LogP contribution in [-0.2, 0) is 28.7 Å². The summed E-state index contributed by atoms with van der Waals surface area (Å²) < 4.78 is 5.73. The number of nitrogens with one attached hydrogen (secondary N) is 1. The number of alkyl halides is 1. The van der Waals surface area contributed by atoms with Crippen molar-refractivity contribution in [3.8, 4) is 0 Å². The molecule has 0 heterocycles. The fourth-order valence-corrected chi connectivity index (χ4v) is 2.70. The molecular weight excluding hydrogens is 520 g/mol. The summed E-state index contributed by atoms with van der Waals surface area (Å²) >= 11 is 4.64. The minimum atomic E-state index is -1.21. The summed E-state index contributed by atoms with van der Waals surface area (Å²) in [7, 11) is 12.6. The minimum Gasteiger partial charge on any atom is -0.548 e. The third kappa shape index (κ3) is 40.9. The van der Waals surface area contributed by atoms with Crippen LogP contribution in [0.3, 0.4) is 0 Å². The Hall–Kier alpha value is -2.28. The van der Waals surface area contributed by atoms with E-state index < -0.39 is 36.0 Å². The van der Waals surface area contributed by atoms with Crippen molar-refractivity contribution in [2.75, 3.05) is 61.8 Å². The highest BCUT2D eigenvalue weighted by molar-refractivity contribution is 6.15. The zero-order chi connectivity index (χ0) is 31.1. The SMILES string of the molecule is CC(=O)NC(CCCC[N+](C)(C)C)C(=O)[O-].CC(=O)OC(C)=O.CCl.C[N+](C)(C)CCCCC(N)C(=O)[O-]. The molecule has 0 spiro atoms. The van der Waals surface area contributed by atoms with E-state index in [-0.39, 0.29) is 5.91 Å². The lowest BCUT2D eigenvalue weighted by atomic mass is 10.1. The average molecular weight is 571 g/mol. The van der Waals surface area contributed by atoms with Crippen molar-refractivity contribution in [1.82, 2.24) is 5.32 Å². The van der Waals surface area contributed by atoms with Gasteiger partial charge in [0.25, 0.3) is 0 Å². The van der Waals surface area contributed by atoms with Gasteiger partial charge in [-0.2, -0.15) is 0 Å². The highest BCUT2D eigenvalue weighted by atomic mass is 35.5. The Bertz CT molecular complexity index is 680. The van der Waals surface area contributed by atoms with Crippen LogP contribution in [0.5, 0.6) is 0 Å². The molecule has 2 atom stereocenters. The average Bonchev–Trinajstić information content (AvgIpc) is 2.72. The lowest BCUT2D eigenvalue weighted by Gasteiger charge is -2.24. The van der Waals surface area contributed by atoms with Crippen molar-refractivity contribution in [2.45, 2.75) is 71.4 Å². The molecule has 13 heteroatoms. The molecule has 0 aliphatic heterocycles. The number of ether oxygens (including phenoxy) is 1. The van der Waals surface area contributed by atoms with Crippen LogP contribution in [0, 0.1) is 0 Å². The van der Waals surface area contributed by atoms with Crippen molar-refractivity contribution in [3.63, 3.8) is 0 Å². The number of carboxylic acids is 2. The van der Waals surface area contributed by atoms with E-state index in [1.54, 1.807) is 0 Å². The Kier molecular flexibility index (Phi) is 26.8. The van der Waals surface area contributed by atoms with E-state index in [0.29, 0.717) is 12.8 Å². The van der Waals surface area contributed by atoms with Gasteiger partial charge in [-0.05, 0) is 38.5 Å². The van der Waals surface area contributed by atoms with E-state index in [4.69, 9.17) is 5.73 Å². The number of aliphatic carboxylic acids is 2. The van der Waals surface area contributed by atoms with Gasteiger partial charge in [0, 0.05) is 33.2 Å². The Morgan fingerprint density at radius 3 is 1.34 bits per heavy atom. The number of nitrogens with zero attached hydrogens (tertiary/aromatic N) is 2. The number of carbonyl (C=O) groups excluding carboxylic acids is 5. The Morgan fingerprint density at radius 2 is 1.11 bits per heavy atom. The van der Waals surface area contributed by atoms with Crippen LogP contribution < -0.4 is 21.3 Å². The molecule has 2 unspecified atom stereocenters. The number of carbonyl (C=O) groups is 5. The summed E-state index contributed by atoms with van der Waals surface area (Å²) in [6.07, 6.45) is 5.99. The second kappa shape index (κ2) is 23.8. The van der Waals surface area contributed by atoms with Gasteiger partial charge in [-0.15, -0.1) is 11.6 Å². The maximum atomic E-state index is 10.7. The maximum absolute atomic E-state index is 10.7. The quantitative estimate of drug-likeness (QED) is 0.0924. The summed E-state index contributed by atoms with van der Waals surface area (Å²) in [6.45, 7) is 5.70. The van der Waals surface area contributed by atoms with E-state index in [1.807, 2.05) is 0 Å². The highest BCUT2D eigenvalue weighted by Crippen LogP contribution is 2.04. The van der Waals surface area contributed by atoms with Gasteiger partial charge in [-0.1, -0.05) is 0 Å².